The van der Waals surface area contributed by atoms with Crippen molar-refractivity contribution >= 4 is 21.9 Å². The second-order valence-corrected chi connectivity index (χ2v) is 15.7. The zero-order valence-electron chi connectivity index (χ0n) is 34.0. The lowest BCUT2D eigenvalue weighted by Gasteiger charge is -2.13. The van der Waals surface area contributed by atoms with Crippen LogP contribution in [0.3, 0.4) is 0 Å². The lowest BCUT2D eigenvalue weighted by molar-refractivity contribution is 0.669. The Bertz CT molecular complexity index is 3420. The number of fused-ring (bicyclic) bond motifs is 3. The Morgan fingerprint density at radius 1 is 0.290 bits per heavy atom. The van der Waals surface area contributed by atoms with Gasteiger partial charge in [-0.1, -0.05) is 188 Å². The van der Waals surface area contributed by atoms with Crippen molar-refractivity contribution < 1.29 is 4.42 Å². The Kier molecular flexibility index (Phi) is 9.36. The summed E-state index contributed by atoms with van der Waals surface area (Å²) in [6, 6.07) is 76.4. The van der Waals surface area contributed by atoms with E-state index < -0.39 is 0 Å². The van der Waals surface area contributed by atoms with Crippen molar-refractivity contribution in [3.63, 3.8) is 0 Å². The standard InChI is InChI=1S/C58H39N3O/c1-38-15-10-24-45(33-38)49-27-8-9-28-51(49)58-60-56(47-26-13-23-44(36-47)43-22-11-20-41(34-43)39-16-4-2-5-17-39)59-57(61-58)48-31-32-52-54(37-48)62-53-30-14-29-50(55(52)53)46-25-12-21-42(35-46)40-18-6-3-7-19-40/h2-37H,1H3. The molecule has 62 heavy (non-hydrogen) atoms. The van der Waals surface area contributed by atoms with Crippen LogP contribution in [0.5, 0.6) is 0 Å². The summed E-state index contributed by atoms with van der Waals surface area (Å²) < 4.78 is 6.64. The van der Waals surface area contributed by atoms with E-state index in [4.69, 9.17) is 19.4 Å². The van der Waals surface area contributed by atoms with E-state index in [1.165, 1.54) is 27.8 Å². The molecule has 0 N–H and O–H groups in total. The molecule has 0 bridgehead atoms. The second kappa shape index (κ2) is 15.8. The molecule has 292 valence electrons. The summed E-state index contributed by atoms with van der Waals surface area (Å²) in [7, 11) is 0. The summed E-state index contributed by atoms with van der Waals surface area (Å²) in [6.07, 6.45) is 0. The van der Waals surface area contributed by atoms with Crippen LogP contribution in [0.2, 0.25) is 0 Å². The SMILES string of the molecule is Cc1cccc(-c2ccccc2-c2nc(-c3cccc(-c4cccc(-c5ccccc5)c4)c3)nc(-c3ccc4c(c3)oc3cccc(-c5cccc(-c6ccccc6)c5)c34)n2)c1. The molecule has 0 aliphatic rings. The normalized spacial score (nSPS) is 11.3. The smallest absolute Gasteiger partial charge is 0.164 e. The Balaban J connectivity index is 1.05. The summed E-state index contributed by atoms with van der Waals surface area (Å²) in [5, 5.41) is 2.12. The van der Waals surface area contributed by atoms with Gasteiger partial charge in [0.2, 0.25) is 0 Å². The van der Waals surface area contributed by atoms with Gasteiger partial charge >= 0.3 is 0 Å². The van der Waals surface area contributed by atoms with Crippen molar-refractivity contribution in [2.75, 3.05) is 0 Å². The van der Waals surface area contributed by atoms with Crippen LogP contribution in [-0.2, 0) is 0 Å². The van der Waals surface area contributed by atoms with Crippen LogP contribution >= 0.6 is 0 Å². The highest BCUT2D eigenvalue weighted by molar-refractivity contribution is 6.13. The van der Waals surface area contributed by atoms with Crippen molar-refractivity contribution in [3.05, 3.63) is 224 Å². The molecular weight excluding hydrogens is 755 g/mol. The van der Waals surface area contributed by atoms with E-state index in [1.807, 2.05) is 24.3 Å². The molecule has 11 aromatic rings. The summed E-state index contributed by atoms with van der Waals surface area (Å²) in [5.41, 5.74) is 16.8. The van der Waals surface area contributed by atoms with Crippen LogP contribution in [-0.4, -0.2) is 15.0 Å². The molecule has 2 aromatic heterocycles. The highest BCUT2D eigenvalue weighted by Gasteiger charge is 2.19. The second-order valence-electron chi connectivity index (χ2n) is 15.7. The van der Waals surface area contributed by atoms with E-state index in [2.05, 4.69) is 201 Å². The number of rotatable bonds is 8. The van der Waals surface area contributed by atoms with Crippen molar-refractivity contribution in [3.8, 4) is 89.8 Å². The molecule has 0 aliphatic heterocycles. The number of hydrogen-bond acceptors (Lipinski definition) is 4. The topological polar surface area (TPSA) is 51.8 Å². The first-order chi connectivity index (χ1) is 30.6. The van der Waals surface area contributed by atoms with Crippen molar-refractivity contribution in [1.82, 2.24) is 15.0 Å². The van der Waals surface area contributed by atoms with Gasteiger partial charge in [-0.25, -0.2) is 15.0 Å². The number of aromatic nitrogens is 3. The fraction of sp³-hybridized carbons (Fsp3) is 0.0172. The number of hydrogen-bond donors (Lipinski definition) is 0. The van der Waals surface area contributed by atoms with Gasteiger partial charge in [0.05, 0.1) is 0 Å². The van der Waals surface area contributed by atoms with Crippen LogP contribution in [0.15, 0.2) is 223 Å². The lowest BCUT2D eigenvalue weighted by Crippen LogP contribution is -2.01. The van der Waals surface area contributed by atoms with Crippen LogP contribution in [0, 0.1) is 6.92 Å². The molecule has 11 rings (SSSR count). The van der Waals surface area contributed by atoms with E-state index in [0.717, 1.165) is 72.0 Å². The van der Waals surface area contributed by atoms with Crippen LogP contribution in [0.25, 0.3) is 112 Å². The van der Waals surface area contributed by atoms with Gasteiger partial charge in [0.25, 0.3) is 0 Å². The highest BCUT2D eigenvalue weighted by atomic mass is 16.3. The maximum Gasteiger partial charge on any atom is 0.164 e. The van der Waals surface area contributed by atoms with Gasteiger partial charge in [0, 0.05) is 27.5 Å². The van der Waals surface area contributed by atoms with Crippen molar-refractivity contribution in [2.24, 2.45) is 0 Å². The average Bonchev–Trinajstić information content (AvgIpc) is 3.73. The van der Waals surface area contributed by atoms with E-state index >= 15 is 0 Å². The lowest BCUT2D eigenvalue weighted by atomic mass is 9.95. The monoisotopic (exact) mass is 793 g/mol. The zero-order valence-corrected chi connectivity index (χ0v) is 34.0. The first kappa shape index (κ1) is 36.8. The third kappa shape index (κ3) is 7.04. The van der Waals surface area contributed by atoms with E-state index in [0.29, 0.717) is 17.5 Å². The van der Waals surface area contributed by atoms with Gasteiger partial charge in [0.1, 0.15) is 11.2 Å². The average molecular weight is 794 g/mol. The number of aryl methyl sites for hydroxylation is 1. The molecule has 0 saturated heterocycles. The van der Waals surface area contributed by atoms with E-state index in [1.54, 1.807) is 0 Å². The number of benzene rings is 9. The number of furan rings is 1. The minimum absolute atomic E-state index is 0.568. The maximum absolute atomic E-state index is 6.64. The van der Waals surface area contributed by atoms with Crippen molar-refractivity contribution in [2.45, 2.75) is 6.92 Å². The molecule has 0 fully saturated rings. The van der Waals surface area contributed by atoms with Gasteiger partial charge in [-0.3, -0.25) is 0 Å². The van der Waals surface area contributed by atoms with Crippen LogP contribution in [0.1, 0.15) is 5.56 Å². The molecule has 0 aliphatic carbocycles. The molecule has 2 heterocycles. The van der Waals surface area contributed by atoms with Gasteiger partial charge in [-0.2, -0.15) is 0 Å². The predicted molar refractivity (Wildman–Crippen MR) is 255 cm³/mol. The Morgan fingerprint density at radius 2 is 0.742 bits per heavy atom. The largest absolute Gasteiger partial charge is 0.456 e. The minimum Gasteiger partial charge on any atom is -0.456 e. The first-order valence-corrected chi connectivity index (χ1v) is 20.9. The maximum atomic E-state index is 6.64. The minimum atomic E-state index is 0.568. The third-order valence-electron chi connectivity index (χ3n) is 11.6. The van der Waals surface area contributed by atoms with Gasteiger partial charge in [-0.05, 0) is 99.0 Å². The summed E-state index contributed by atoms with van der Waals surface area (Å²) >= 11 is 0. The molecular formula is C58H39N3O. The van der Waals surface area contributed by atoms with Gasteiger partial charge in [-0.15, -0.1) is 0 Å². The molecule has 0 spiro atoms. The molecule has 4 heteroatoms. The summed E-state index contributed by atoms with van der Waals surface area (Å²) in [6.45, 7) is 2.12. The fourth-order valence-electron chi connectivity index (χ4n) is 8.55. The Hall–Kier alpha value is -8.21. The summed E-state index contributed by atoms with van der Waals surface area (Å²) in [4.78, 5) is 15.7. The highest BCUT2D eigenvalue weighted by Crippen LogP contribution is 2.40. The van der Waals surface area contributed by atoms with Crippen LogP contribution in [0.4, 0.5) is 0 Å². The quantitative estimate of drug-likeness (QED) is 0.154. The van der Waals surface area contributed by atoms with Gasteiger partial charge in [0.15, 0.2) is 17.5 Å². The Morgan fingerprint density at radius 3 is 1.40 bits per heavy atom. The fourth-order valence-corrected chi connectivity index (χ4v) is 8.55. The van der Waals surface area contributed by atoms with E-state index in [-0.39, 0.29) is 0 Å². The van der Waals surface area contributed by atoms with Crippen LogP contribution < -0.4 is 0 Å². The molecule has 9 aromatic carbocycles. The third-order valence-corrected chi connectivity index (χ3v) is 11.6. The zero-order chi connectivity index (χ0) is 41.4. The van der Waals surface area contributed by atoms with Gasteiger partial charge < -0.3 is 4.42 Å². The molecule has 0 saturated carbocycles. The van der Waals surface area contributed by atoms with E-state index in [9.17, 15) is 0 Å². The Labute approximate surface area is 360 Å². The molecule has 4 nitrogen and oxygen atoms in total. The molecule has 0 unspecified atom stereocenters. The van der Waals surface area contributed by atoms with Crippen molar-refractivity contribution in [1.29, 1.82) is 0 Å². The molecule has 0 atom stereocenters. The molecule has 0 amide bonds. The first-order valence-electron chi connectivity index (χ1n) is 20.9. The molecule has 0 radical (unpaired) electrons. The summed E-state index contributed by atoms with van der Waals surface area (Å²) in [5.74, 6) is 1.76. The predicted octanol–water partition coefficient (Wildman–Crippen LogP) is 15.4. The number of nitrogens with zero attached hydrogens (tertiary/aromatic N) is 3.